The maximum absolute atomic E-state index is 9.82. The zero-order valence-corrected chi connectivity index (χ0v) is 7.38. The van der Waals surface area contributed by atoms with Crippen molar-refractivity contribution in [3.05, 3.63) is 0 Å². The molecule has 0 heterocycles. The van der Waals surface area contributed by atoms with Crippen LogP contribution in [0.2, 0.25) is 0 Å². The smallest absolute Gasteiger partial charge is 0.302 e. The van der Waals surface area contributed by atoms with Gasteiger partial charge in [-0.3, -0.25) is 4.79 Å². The summed E-state index contributed by atoms with van der Waals surface area (Å²) in [5, 5.41) is 0. The van der Waals surface area contributed by atoms with E-state index in [4.69, 9.17) is 0 Å². The van der Waals surface area contributed by atoms with Crippen LogP contribution in [0.1, 0.15) is 13.8 Å². The van der Waals surface area contributed by atoms with Gasteiger partial charge in [-0.15, -0.1) is 0 Å². The monoisotopic (exact) mass is 208 g/mol. The number of hydrogen-bond acceptors (Lipinski definition) is 2. The standard InChI is InChI=1S/C4H8O2.Sn/c1-3-6-4(2)5;/h3H2,1-2H3;. The first-order valence-electron chi connectivity index (χ1n) is 1.90. The van der Waals surface area contributed by atoms with Crippen molar-refractivity contribution in [2.75, 3.05) is 6.61 Å². The van der Waals surface area contributed by atoms with Gasteiger partial charge in [0.1, 0.15) is 0 Å². The Balaban J connectivity index is 0. The van der Waals surface area contributed by atoms with Gasteiger partial charge < -0.3 is 4.74 Å². The third-order valence-electron chi connectivity index (χ3n) is 0.348. The average Bonchev–Trinajstić information content (AvgIpc) is 1.35. The van der Waals surface area contributed by atoms with E-state index in [9.17, 15) is 4.79 Å². The topological polar surface area (TPSA) is 26.3 Å². The predicted molar refractivity (Wildman–Crippen MR) is 28.1 cm³/mol. The van der Waals surface area contributed by atoms with E-state index in [1.54, 1.807) is 6.92 Å². The van der Waals surface area contributed by atoms with Crippen LogP contribution < -0.4 is 0 Å². The van der Waals surface area contributed by atoms with Crippen LogP contribution in [0.4, 0.5) is 0 Å². The SMILES string of the molecule is CCOC(C)=O.[Sn]. The van der Waals surface area contributed by atoms with Crippen LogP contribution in [0, 0.1) is 0 Å². The summed E-state index contributed by atoms with van der Waals surface area (Å²) in [7, 11) is 0. The van der Waals surface area contributed by atoms with E-state index in [2.05, 4.69) is 4.74 Å². The maximum atomic E-state index is 9.82. The first kappa shape index (κ1) is 10.3. The van der Waals surface area contributed by atoms with Crippen LogP contribution in [0.5, 0.6) is 0 Å². The molecule has 0 atom stereocenters. The Bertz CT molecular complexity index is 53.7. The number of ether oxygens (including phenoxy) is 1. The fourth-order valence-electron chi connectivity index (χ4n) is 0.203. The fraction of sp³-hybridized carbons (Fsp3) is 0.750. The molecule has 0 saturated carbocycles. The average molecular weight is 207 g/mol. The number of carbonyl (C=O) groups is 1. The van der Waals surface area contributed by atoms with E-state index in [1.165, 1.54) is 6.92 Å². The molecule has 0 aromatic rings. The van der Waals surface area contributed by atoms with E-state index >= 15 is 0 Å². The summed E-state index contributed by atoms with van der Waals surface area (Å²) in [6.45, 7) is 3.65. The van der Waals surface area contributed by atoms with Crippen molar-refractivity contribution >= 4 is 29.9 Å². The van der Waals surface area contributed by atoms with Crippen LogP contribution >= 0.6 is 0 Å². The molecule has 0 unspecified atom stereocenters. The molecule has 0 aliphatic heterocycles. The summed E-state index contributed by atoms with van der Waals surface area (Å²) in [5.74, 6) is -0.211. The Morgan fingerprint density at radius 2 is 2.14 bits per heavy atom. The van der Waals surface area contributed by atoms with Crippen molar-refractivity contribution in [3.63, 3.8) is 0 Å². The van der Waals surface area contributed by atoms with E-state index in [0.717, 1.165) is 0 Å². The van der Waals surface area contributed by atoms with Crippen molar-refractivity contribution in [1.82, 2.24) is 0 Å². The maximum Gasteiger partial charge on any atom is 0.302 e. The van der Waals surface area contributed by atoms with Gasteiger partial charge in [-0.1, -0.05) is 0 Å². The van der Waals surface area contributed by atoms with Gasteiger partial charge in [0.15, 0.2) is 0 Å². The number of esters is 1. The minimum Gasteiger partial charge on any atom is -0.466 e. The number of rotatable bonds is 1. The molecule has 7 heavy (non-hydrogen) atoms. The summed E-state index contributed by atoms with van der Waals surface area (Å²) in [5.41, 5.74) is 0. The molecular weight excluding hydrogens is 199 g/mol. The molecule has 0 bridgehead atoms. The van der Waals surface area contributed by atoms with Gasteiger partial charge in [-0.25, -0.2) is 0 Å². The van der Waals surface area contributed by atoms with Crippen molar-refractivity contribution < 1.29 is 9.53 Å². The number of hydrogen-bond donors (Lipinski definition) is 0. The molecule has 0 fully saturated rings. The summed E-state index contributed by atoms with van der Waals surface area (Å²) in [6, 6.07) is 0. The normalized spacial score (nSPS) is 6.57. The van der Waals surface area contributed by atoms with E-state index in [1.807, 2.05) is 0 Å². The van der Waals surface area contributed by atoms with Crippen LogP contribution in [0.15, 0.2) is 0 Å². The Kier molecular flexibility index (Phi) is 9.21. The van der Waals surface area contributed by atoms with Gasteiger partial charge in [0.2, 0.25) is 0 Å². The zero-order valence-electron chi connectivity index (χ0n) is 4.52. The Morgan fingerprint density at radius 3 is 2.14 bits per heavy atom. The first-order valence-corrected chi connectivity index (χ1v) is 1.90. The van der Waals surface area contributed by atoms with Gasteiger partial charge in [0.05, 0.1) is 6.61 Å². The largest absolute Gasteiger partial charge is 0.466 e. The zero-order chi connectivity index (χ0) is 4.99. The third-order valence-corrected chi connectivity index (χ3v) is 0.348. The van der Waals surface area contributed by atoms with Crippen LogP contribution in [-0.2, 0) is 9.53 Å². The molecular formula is C4H8O2Sn. The van der Waals surface area contributed by atoms with Crippen LogP contribution in [0.25, 0.3) is 0 Å². The molecule has 4 radical (unpaired) electrons. The Hall–Kier alpha value is 0.269. The summed E-state index contributed by atoms with van der Waals surface area (Å²) in [4.78, 5) is 9.82. The molecule has 0 aromatic carbocycles. The summed E-state index contributed by atoms with van der Waals surface area (Å²) in [6.07, 6.45) is 0. The quantitative estimate of drug-likeness (QED) is 0.453. The summed E-state index contributed by atoms with van der Waals surface area (Å²) >= 11 is 0. The molecule has 0 aliphatic carbocycles. The fourth-order valence-corrected chi connectivity index (χ4v) is 0.203. The van der Waals surface area contributed by atoms with Gasteiger partial charge >= 0.3 is 5.97 Å². The predicted octanol–water partition coefficient (Wildman–Crippen LogP) is 0.189. The molecule has 0 rings (SSSR count). The van der Waals surface area contributed by atoms with Crippen molar-refractivity contribution in [1.29, 1.82) is 0 Å². The van der Waals surface area contributed by atoms with Crippen molar-refractivity contribution in [2.45, 2.75) is 13.8 Å². The Labute approximate surface area is 60.2 Å². The number of carbonyl (C=O) groups excluding carboxylic acids is 1. The minimum absolute atomic E-state index is 0. The minimum atomic E-state index is -0.211. The second-order valence-electron chi connectivity index (χ2n) is 0.925. The van der Waals surface area contributed by atoms with E-state index in [0.29, 0.717) is 6.61 Å². The van der Waals surface area contributed by atoms with E-state index < -0.39 is 0 Å². The molecule has 0 spiro atoms. The molecule has 3 heteroatoms. The second-order valence-corrected chi connectivity index (χ2v) is 0.925. The molecule has 0 aliphatic rings. The molecule has 0 amide bonds. The molecule has 0 aromatic heterocycles. The molecule has 40 valence electrons. The van der Waals surface area contributed by atoms with E-state index in [-0.39, 0.29) is 29.9 Å². The van der Waals surface area contributed by atoms with Gasteiger partial charge in [0, 0.05) is 30.8 Å². The van der Waals surface area contributed by atoms with Crippen molar-refractivity contribution in [3.8, 4) is 0 Å². The first-order chi connectivity index (χ1) is 2.77. The molecule has 0 N–H and O–H groups in total. The second kappa shape index (κ2) is 6.27. The van der Waals surface area contributed by atoms with Crippen LogP contribution in [0.3, 0.4) is 0 Å². The molecule has 2 nitrogen and oxygen atoms in total. The third kappa shape index (κ3) is 10.7. The van der Waals surface area contributed by atoms with Gasteiger partial charge in [-0.05, 0) is 6.92 Å². The van der Waals surface area contributed by atoms with Crippen LogP contribution in [-0.4, -0.2) is 36.5 Å². The summed E-state index contributed by atoms with van der Waals surface area (Å²) < 4.78 is 4.40. The van der Waals surface area contributed by atoms with Crippen molar-refractivity contribution in [2.24, 2.45) is 0 Å². The van der Waals surface area contributed by atoms with Gasteiger partial charge in [-0.2, -0.15) is 0 Å². The van der Waals surface area contributed by atoms with Gasteiger partial charge in [0.25, 0.3) is 0 Å². The molecule has 0 saturated heterocycles. The Morgan fingerprint density at radius 1 is 1.71 bits per heavy atom.